The summed E-state index contributed by atoms with van der Waals surface area (Å²) in [6.07, 6.45) is 0. The predicted octanol–water partition coefficient (Wildman–Crippen LogP) is 1.79. The highest BCUT2D eigenvalue weighted by Gasteiger charge is 1.96. The van der Waals surface area contributed by atoms with E-state index in [1.807, 2.05) is 13.8 Å². The van der Waals surface area contributed by atoms with Gasteiger partial charge in [-0.1, -0.05) is 25.3 Å². The van der Waals surface area contributed by atoms with Crippen molar-refractivity contribution < 1.29 is 0 Å². The Morgan fingerprint density at radius 1 is 1.08 bits per heavy atom. The van der Waals surface area contributed by atoms with Gasteiger partial charge in [0.25, 0.3) is 0 Å². The Bertz CT molecular complexity index is 192. The monoisotopic (exact) mass is 166 g/mol. The Kier molecular flexibility index (Phi) is 4.93. The van der Waals surface area contributed by atoms with Gasteiger partial charge in [0.1, 0.15) is 0 Å². The topological polar surface area (TPSA) is 24.1 Å². The second kappa shape index (κ2) is 5.47. The lowest BCUT2D eigenvalue weighted by atomic mass is 10.3. The second-order valence-electron chi connectivity index (χ2n) is 2.80. The summed E-state index contributed by atoms with van der Waals surface area (Å²) in [7, 11) is 0. The van der Waals surface area contributed by atoms with Gasteiger partial charge in [-0.3, -0.25) is 0 Å². The third kappa shape index (κ3) is 4.61. The molecule has 0 aromatic rings. The van der Waals surface area contributed by atoms with Crippen LogP contribution in [0.1, 0.15) is 13.8 Å². The van der Waals surface area contributed by atoms with E-state index in [0.717, 1.165) is 30.1 Å². The minimum Gasteiger partial charge on any atom is -0.384 e. The fourth-order valence-corrected chi connectivity index (χ4v) is 0.684. The third-order valence-electron chi connectivity index (χ3n) is 1.36. The van der Waals surface area contributed by atoms with Crippen molar-refractivity contribution in [1.82, 2.24) is 10.6 Å². The van der Waals surface area contributed by atoms with Crippen molar-refractivity contribution >= 4 is 0 Å². The van der Waals surface area contributed by atoms with Gasteiger partial charge >= 0.3 is 0 Å². The molecule has 0 aliphatic heterocycles. The van der Waals surface area contributed by atoms with Gasteiger partial charge < -0.3 is 10.6 Å². The van der Waals surface area contributed by atoms with E-state index < -0.39 is 0 Å². The molecule has 2 nitrogen and oxygen atoms in total. The maximum Gasteiger partial charge on any atom is 0.0499 e. The first-order valence-electron chi connectivity index (χ1n) is 4.08. The fourth-order valence-electron chi connectivity index (χ4n) is 0.684. The van der Waals surface area contributed by atoms with Crippen molar-refractivity contribution in [2.75, 3.05) is 13.1 Å². The number of hydrogen-bond acceptors (Lipinski definition) is 2. The maximum absolute atomic E-state index is 3.83. The van der Waals surface area contributed by atoms with Crippen LogP contribution in [0.3, 0.4) is 0 Å². The van der Waals surface area contributed by atoms with E-state index in [1.165, 1.54) is 0 Å². The lowest BCUT2D eigenvalue weighted by Crippen LogP contribution is -2.22. The van der Waals surface area contributed by atoms with Gasteiger partial charge in [-0.15, -0.1) is 0 Å². The Morgan fingerprint density at radius 2 is 1.58 bits per heavy atom. The molecule has 0 fully saturated rings. The van der Waals surface area contributed by atoms with E-state index >= 15 is 0 Å². The first-order chi connectivity index (χ1) is 5.57. The molecule has 12 heavy (non-hydrogen) atoms. The highest BCUT2D eigenvalue weighted by molar-refractivity contribution is 5.22. The summed E-state index contributed by atoms with van der Waals surface area (Å²) in [5, 5.41) is 6.19. The Balaban J connectivity index is 3.72. The summed E-state index contributed by atoms with van der Waals surface area (Å²) < 4.78 is 0. The van der Waals surface area contributed by atoms with Crippen LogP contribution in [0.2, 0.25) is 0 Å². The van der Waals surface area contributed by atoms with Gasteiger partial charge in [0.15, 0.2) is 0 Å². The summed E-state index contributed by atoms with van der Waals surface area (Å²) in [6, 6.07) is 0. The van der Waals surface area contributed by atoms with Gasteiger partial charge in [-0.25, -0.2) is 0 Å². The molecule has 68 valence electrons. The van der Waals surface area contributed by atoms with Crippen LogP contribution in [0.4, 0.5) is 0 Å². The molecule has 0 bridgehead atoms. The quantitative estimate of drug-likeness (QED) is 0.464. The molecule has 2 N–H and O–H groups in total. The van der Waals surface area contributed by atoms with Crippen molar-refractivity contribution in [3.8, 4) is 0 Å². The highest BCUT2D eigenvalue weighted by atomic mass is 15.0. The van der Waals surface area contributed by atoms with Crippen LogP contribution in [0.15, 0.2) is 36.7 Å². The van der Waals surface area contributed by atoms with Crippen LogP contribution in [-0.4, -0.2) is 13.1 Å². The van der Waals surface area contributed by atoms with Crippen LogP contribution >= 0.6 is 0 Å². The average Bonchev–Trinajstić information content (AvgIpc) is 2.00. The normalized spacial score (nSPS) is 8.83. The smallest absolute Gasteiger partial charge is 0.0499 e. The molecule has 0 heterocycles. The van der Waals surface area contributed by atoms with Crippen molar-refractivity contribution in [3.05, 3.63) is 36.7 Å². The molecule has 0 saturated heterocycles. The number of hydrogen-bond donors (Lipinski definition) is 2. The SMILES string of the molecule is C=C(C)CNC(=C)C(=C)NCC. The predicted molar refractivity (Wildman–Crippen MR) is 54.8 cm³/mol. The Hall–Kier alpha value is -1.18. The van der Waals surface area contributed by atoms with E-state index in [4.69, 9.17) is 0 Å². The van der Waals surface area contributed by atoms with Crippen LogP contribution in [0, 0.1) is 0 Å². The second-order valence-corrected chi connectivity index (χ2v) is 2.80. The molecule has 0 saturated carbocycles. The summed E-state index contributed by atoms with van der Waals surface area (Å²) >= 11 is 0. The van der Waals surface area contributed by atoms with E-state index in [0.29, 0.717) is 0 Å². The molecule has 0 aliphatic carbocycles. The summed E-state index contributed by atoms with van der Waals surface area (Å²) in [4.78, 5) is 0. The van der Waals surface area contributed by atoms with Crippen molar-refractivity contribution in [1.29, 1.82) is 0 Å². The number of rotatable bonds is 6. The molecule has 0 atom stereocenters. The molecular weight excluding hydrogens is 148 g/mol. The van der Waals surface area contributed by atoms with Crippen LogP contribution in [-0.2, 0) is 0 Å². The molecular formula is C10H18N2. The zero-order valence-electron chi connectivity index (χ0n) is 8.04. The lowest BCUT2D eigenvalue weighted by molar-refractivity contribution is 0.803. The van der Waals surface area contributed by atoms with E-state index in [9.17, 15) is 0 Å². The van der Waals surface area contributed by atoms with Crippen molar-refractivity contribution in [2.45, 2.75) is 13.8 Å². The Morgan fingerprint density at radius 3 is 2.00 bits per heavy atom. The van der Waals surface area contributed by atoms with Crippen LogP contribution in [0.5, 0.6) is 0 Å². The van der Waals surface area contributed by atoms with Crippen LogP contribution in [0.25, 0.3) is 0 Å². The van der Waals surface area contributed by atoms with Gasteiger partial charge in [0.05, 0.1) is 0 Å². The zero-order valence-corrected chi connectivity index (χ0v) is 8.04. The average molecular weight is 166 g/mol. The highest BCUT2D eigenvalue weighted by Crippen LogP contribution is 1.96. The van der Waals surface area contributed by atoms with E-state index in [1.54, 1.807) is 0 Å². The molecule has 2 heteroatoms. The fraction of sp³-hybridized carbons (Fsp3) is 0.400. The van der Waals surface area contributed by atoms with Crippen molar-refractivity contribution in [3.63, 3.8) is 0 Å². The summed E-state index contributed by atoms with van der Waals surface area (Å²) in [5.74, 6) is 0. The molecule has 0 spiro atoms. The first-order valence-corrected chi connectivity index (χ1v) is 4.08. The summed E-state index contributed by atoms with van der Waals surface area (Å²) in [5.41, 5.74) is 2.76. The van der Waals surface area contributed by atoms with Gasteiger partial charge in [0, 0.05) is 24.5 Å². The van der Waals surface area contributed by atoms with Crippen molar-refractivity contribution in [2.24, 2.45) is 0 Å². The van der Waals surface area contributed by atoms with Crippen LogP contribution < -0.4 is 10.6 Å². The van der Waals surface area contributed by atoms with Gasteiger partial charge in [0.2, 0.25) is 0 Å². The largest absolute Gasteiger partial charge is 0.384 e. The van der Waals surface area contributed by atoms with E-state index in [2.05, 4.69) is 30.4 Å². The van der Waals surface area contributed by atoms with Gasteiger partial charge in [-0.2, -0.15) is 0 Å². The molecule has 0 rings (SSSR count). The molecule has 0 unspecified atom stereocenters. The third-order valence-corrected chi connectivity index (χ3v) is 1.36. The minimum atomic E-state index is 0.753. The first kappa shape index (κ1) is 10.8. The van der Waals surface area contributed by atoms with E-state index in [-0.39, 0.29) is 0 Å². The number of nitrogens with one attached hydrogen (secondary N) is 2. The molecule has 0 aromatic carbocycles. The maximum atomic E-state index is 3.83. The molecule has 0 radical (unpaired) electrons. The molecule has 0 aromatic heterocycles. The lowest BCUT2D eigenvalue weighted by Gasteiger charge is -2.12. The zero-order chi connectivity index (χ0) is 9.56. The minimum absolute atomic E-state index is 0.753. The molecule has 0 amide bonds. The summed E-state index contributed by atoms with van der Waals surface area (Å²) in [6.45, 7) is 17.0. The number of likely N-dealkylation sites (N-methyl/N-ethyl adjacent to an activating group) is 1. The Labute approximate surface area is 75.1 Å². The van der Waals surface area contributed by atoms with Gasteiger partial charge in [-0.05, 0) is 13.8 Å². The molecule has 0 aliphatic rings. The standard InChI is InChI=1S/C10H18N2/c1-6-11-9(4)10(5)12-7-8(2)3/h11-12H,2,4-7H2,1,3H3.